The summed E-state index contributed by atoms with van der Waals surface area (Å²) in [6.07, 6.45) is 3.61. The molecule has 6 nitrogen and oxygen atoms in total. The summed E-state index contributed by atoms with van der Waals surface area (Å²) in [5.74, 6) is -0.117. The summed E-state index contributed by atoms with van der Waals surface area (Å²) in [4.78, 5) is 14.5. The number of aromatic nitrogens is 4. The molecule has 2 aromatic carbocycles. The molecule has 0 unspecified atom stereocenters. The number of nitrogens with zero attached hydrogens (tertiary/aromatic N) is 4. The summed E-state index contributed by atoms with van der Waals surface area (Å²) in [7, 11) is 0. The molecule has 0 spiro atoms. The number of amides is 1. The van der Waals surface area contributed by atoms with Crippen LogP contribution in [-0.4, -0.2) is 25.5 Å². The molecule has 1 amide bonds. The maximum atomic E-state index is 12.8. The Morgan fingerprint density at radius 2 is 1.87 bits per heavy atom. The smallest absolute Gasteiger partial charge is 0.265 e. The highest BCUT2D eigenvalue weighted by atomic mass is 32.1. The lowest BCUT2D eigenvalue weighted by atomic mass is 10.2. The van der Waals surface area contributed by atoms with Gasteiger partial charge in [0.2, 0.25) is 0 Å². The van der Waals surface area contributed by atoms with E-state index >= 15 is 0 Å². The highest BCUT2D eigenvalue weighted by Gasteiger charge is 2.16. The van der Waals surface area contributed by atoms with Crippen LogP contribution in [0, 0.1) is 6.92 Å². The monoisotopic (exact) mass is 413 g/mol. The van der Waals surface area contributed by atoms with E-state index < -0.39 is 0 Å². The second-order valence-electron chi connectivity index (χ2n) is 7.01. The predicted molar refractivity (Wildman–Crippen MR) is 119 cm³/mol. The zero-order chi connectivity index (χ0) is 20.5. The van der Waals surface area contributed by atoms with E-state index in [9.17, 15) is 4.79 Å². The number of carbonyl (C=O) groups is 1. The van der Waals surface area contributed by atoms with Crippen LogP contribution >= 0.6 is 11.3 Å². The molecule has 0 fully saturated rings. The summed E-state index contributed by atoms with van der Waals surface area (Å²) in [6, 6.07) is 21.6. The van der Waals surface area contributed by atoms with E-state index in [0.717, 1.165) is 27.3 Å². The Morgan fingerprint density at radius 3 is 2.60 bits per heavy atom. The van der Waals surface area contributed by atoms with Crippen molar-refractivity contribution in [3.8, 4) is 5.69 Å². The Bertz CT molecular complexity index is 1300. The maximum Gasteiger partial charge on any atom is 0.265 e. The molecule has 7 heteroatoms. The van der Waals surface area contributed by atoms with Crippen molar-refractivity contribution >= 4 is 33.1 Å². The van der Waals surface area contributed by atoms with Gasteiger partial charge >= 0.3 is 0 Å². The summed E-state index contributed by atoms with van der Waals surface area (Å²) >= 11 is 1.47. The van der Waals surface area contributed by atoms with Crippen LogP contribution in [0.2, 0.25) is 0 Å². The van der Waals surface area contributed by atoms with Crippen molar-refractivity contribution in [2.45, 2.75) is 13.5 Å². The lowest BCUT2D eigenvalue weighted by Crippen LogP contribution is -2.10. The Balaban J connectivity index is 1.37. The van der Waals surface area contributed by atoms with Gasteiger partial charge in [-0.3, -0.25) is 9.48 Å². The third kappa shape index (κ3) is 3.51. The molecule has 0 bridgehead atoms. The topological polar surface area (TPSA) is 64.7 Å². The Morgan fingerprint density at radius 1 is 1.07 bits per heavy atom. The zero-order valence-corrected chi connectivity index (χ0v) is 17.1. The number of thiophene rings is 1. The Labute approximate surface area is 177 Å². The predicted octanol–water partition coefficient (Wildman–Crippen LogP) is 4.89. The highest BCUT2D eigenvalue weighted by molar-refractivity contribution is 7.20. The molecule has 30 heavy (non-hydrogen) atoms. The van der Waals surface area contributed by atoms with E-state index in [2.05, 4.69) is 27.6 Å². The lowest BCUT2D eigenvalue weighted by molar-refractivity contribution is 0.103. The molecule has 3 aromatic heterocycles. The average molecular weight is 414 g/mol. The SMILES string of the molecule is Cc1nn(Cc2ccccc2)c2sc(C(=O)Nc3ccc(-n4cccn4)cc3)cc12. The van der Waals surface area contributed by atoms with Gasteiger partial charge in [0, 0.05) is 23.5 Å². The molecule has 0 aliphatic rings. The van der Waals surface area contributed by atoms with Crippen molar-refractivity contribution in [2.24, 2.45) is 0 Å². The molecule has 0 saturated heterocycles. The number of carbonyl (C=O) groups excluding carboxylic acids is 1. The molecule has 148 valence electrons. The van der Waals surface area contributed by atoms with Crippen LogP contribution in [0.25, 0.3) is 15.9 Å². The van der Waals surface area contributed by atoms with Crippen molar-refractivity contribution in [3.05, 3.63) is 95.3 Å². The van der Waals surface area contributed by atoms with Gasteiger partial charge in [-0.05, 0) is 48.9 Å². The van der Waals surface area contributed by atoms with Crippen LogP contribution in [0.15, 0.2) is 79.1 Å². The second-order valence-corrected chi connectivity index (χ2v) is 8.04. The quantitative estimate of drug-likeness (QED) is 0.446. The fourth-order valence-electron chi connectivity index (χ4n) is 3.40. The number of benzene rings is 2. The van der Waals surface area contributed by atoms with E-state index in [4.69, 9.17) is 0 Å². The van der Waals surface area contributed by atoms with Crippen molar-refractivity contribution < 1.29 is 4.79 Å². The Kier molecular flexibility index (Phi) is 4.65. The Hall–Kier alpha value is -3.71. The third-order valence-corrected chi connectivity index (χ3v) is 6.05. The largest absolute Gasteiger partial charge is 0.321 e. The molecular formula is C23H19N5OS. The number of nitrogens with one attached hydrogen (secondary N) is 1. The first-order valence-electron chi connectivity index (χ1n) is 9.60. The van der Waals surface area contributed by atoms with Crippen LogP contribution in [0.5, 0.6) is 0 Å². The van der Waals surface area contributed by atoms with Gasteiger partial charge in [-0.1, -0.05) is 30.3 Å². The first kappa shape index (κ1) is 18.3. The number of rotatable bonds is 5. The molecule has 0 aliphatic carbocycles. The van der Waals surface area contributed by atoms with Gasteiger partial charge < -0.3 is 5.32 Å². The fraction of sp³-hybridized carbons (Fsp3) is 0.0870. The van der Waals surface area contributed by atoms with E-state index in [-0.39, 0.29) is 5.91 Å². The number of hydrogen-bond acceptors (Lipinski definition) is 4. The van der Waals surface area contributed by atoms with Gasteiger partial charge in [0.25, 0.3) is 5.91 Å². The summed E-state index contributed by atoms with van der Waals surface area (Å²) in [5.41, 5.74) is 3.80. The standard InChI is InChI=1S/C23H19N5OS/c1-16-20-14-21(30-23(20)28(26-16)15-17-6-3-2-4-7-17)22(29)25-18-8-10-19(11-9-18)27-13-5-12-24-27/h2-14H,15H2,1H3,(H,25,29). The summed E-state index contributed by atoms with van der Waals surface area (Å²) < 4.78 is 3.75. The van der Waals surface area contributed by atoms with Gasteiger partial charge in [-0.15, -0.1) is 11.3 Å². The van der Waals surface area contributed by atoms with Crippen molar-refractivity contribution in [1.29, 1.82) is 0 Å². The molecule has 3 heterocycles. The van der Waals surface area contributed by atoms with Crippen LogP contribution in [0.4, 0.5) is 5.69 Å². The maximum absolute atomic E-state index is 12.8. The van der Waals surface area contributed by atoms with E-state index in [1.54, 1.807) is 10.9 Å². The molecule has 0 atom stereocenters. The molecule has 5 aromatic rings. The van der Waals surface area contributed by atoms with E-state index in [0.29, 0.717) is 11.4 Å². The van der Waals surface area contributed by atoms with Gasteiger partial charge in [0.15, 0.2) is 0 Å². The summed E-state index contributed by atoms with van der Waals surface area (Å²) in [6.45, 7) is 2.66. The zero-order valence-electron chi connectivity index (χ0n) is 16.3. The van der Waals surface area contributed by atoms with Gasteiger partial charge in [0.1, 0.15) is 4.83 Å². The van der Waals surface area contributed by atoms with E-state index in [1.165, 1.54) is 16.9 Å². The highest BCUT2D eigenvalue weighted by Crippen LogP contribution is 2.29. The molecule has 0 aliphatic heterocycles. The average Bonchev–Trinajstić information content (AvgIpc) is 3.49. The van der Waals surface area contributed by atoms with Crippen molar-refractivity contribution in [2.75, 3.05) is 5.32 Å². The first-order chi connectivity index (χ1) is 14.7. The minimum Gasteiger partial charge on any atom is -0.321 e. The molecule has 0 radical (unpaired) electrons. The van der Waals surface area contributed by atoms with Gasteiger partial charge in [0.05, 0.1) is 22.8 Å². The van der Waals surface area contributed by atoms with Gasteiger partial charge in [-0.2, -0.15) is 10.2 Å². The molecular weight excluding hydrogens is 394 g/mol. The lowest BCUT2D eigenvalue weighted by Gasteiger charge is -2.06. The molecule has 5 rings (SSSR count). The van der Waals surface area contributed by atoms with Crippen LogP contribution < -0.4 is 5.32 Å². The normalized spacial score (nSPS) is 11.1. The molecule has 0 saturated carbocycles. The second kappa shape index (κ2) is 7.61. The number of fused-ring (bicyclic) bond motifs is 1. The number of aryl methyl sites for hydroxylation is 1. The fourth-order valence-corrected chi connectivity index (χ4v) is 4.46. The molecule has 1 N–H and O–H groups in total. The number of hydrogen-bond donors (Lipinski definition) is 1. The van der Waals surface area contributed by atoms with Crippen LogP contribution in [0.1, 0.15) is 20.9 Å². The van der Waals surface area contributed by atoms with Crippen LogP contribution in [0.3, 0.4) is 0 Å². The third-order valence-electron chi connectivity index (χ3n) is 4.90. The number of anilines is 1. The van der Waals surface area contributed by atoms with E-state index in [1.807, 2.05) is 72.4 Å². The minimum atomic E-state index is -0.117. The minimum absolute atomic E-state index is 0.117. The van der Waals surface area contributed by atoms with Crippen molar-refractivity contribution in [1.82, 2.24) is 19.6 Å². The summed E-state index contributed by atoms with van der Waals surface area (Å²) in [5, 5.41) is 12.9. The van der Waals surface area contributed by atoms with Gasteiger partial charge in [-0.25, -0.2) is 4.68 Å². The van der Waals surface area contributed by atoms with Crippen molar-refractivity contribution in [3.63, 3.8) is 0 Å². The van der Waals surface area contributed by atoms with Crippen LogP contribution in [-0.2, 0) is 6.54 Å². The first-order valence-corrected chi connectivity index (χ1v) is 10.4.